The lowest BCUT2D eigenvalue weighted by Gasteiger charge is -2.24. The predicted octanol–water partition coefficient (Wildman–Crippen LogP) is 3.23. The average Bonchev–Trinajstić information content (AvgIpc) is 2.38. The van der Waals surface area contributed by atoms with Crippen LogP contribution >= 0.6 is 15.9 Å². The van der Waals surface area contributed by atoms with E-state index in [1.807, 2.05) is 12.1 Å². The number of hydrogen-bond acceptors (Lipinski definition) is 4. The second-order valence-corrected chi connectivity index (χ2v) is 6.95. The van der Waals surface area contributed by atoms with Gasteiger partial charge < -0.3 is 20.1 Å². The fourth-order valence-corrected chi connectivity index (χ4v) is 2.87. The lowest BCUT2D eigenvalue weighted by atomic mass is 10.0. The Morgan fingerprint density at radius 3 is 2.52 bits per heavy atom. The molecule has 1 rings (SSSR count). The van der Waals surface area contributed by atoms with E-state index in [0.29, 0.717) is 22.2 Å². The Labute approximate surface area is 136 Å². The van der Waals surface area contributed by atoms with Crippen LogP contribution in [0.5, 0.6) is 11.5 Å². The van der Waals surface area contributed by atoms with E-state index in [2.05, 4.69) is 54.1 Å². The van der Waals surface area contributed by atoms with Crippen molar-refractivity contribution >= 4 is 15.9 Å². The van der Waals surface area contributed by atoms with Crippen LogP contribution in [0.1, 0.15) is 25.8 Å². The first-order valence-electron chi connectivity index (χ1n) is 7.27. The third kappa shape index (κ3) is 6.24. The highest BCUT2D eigenvalue weighted by atomic mass is 79.9. The Morgan fingerprint density at radius 2 is 2.00 bits per heavy atom. The van der Waals surface area contributed by atoms with Crippen LogP contribution in [0.4, 0.5) is 0 Å². The Balaban J connectivity index is 2.72. The molecule has 0 amide bonds. The van der Waals surface area contributed by atoms with Gasteiger partial charge in [-0.2, -0.15) is 0 Å². The Morgan fingerprint density at radius 1 is 1.33 bits per heavy atom. The van der Waals surface area contributed by atoms with E-state index in [0.717, 1.165) is 25.1 Å². The summed E-state index contributed by atoms with van der Waals surface area (Å²) in [6.07, 6.45) is 1.13. The molecule has 120 valence electrons. The van der Waals surface area contributed by atoms with Crippen LogP contribution in [-0.4, -0.2) is 43.8 Å². The number of rotatable bonds is 8. The minimum Gasteiger partial charge on any atom is -0.503 e. The molecule has 1 atom stereocenters. The minimum absolute atomic E-state index is 0.147. The van der Waals surface area contributed by atoms with E-state index in [4.69, 9.17) is 4.74 Å². The van der Waals surface area contributed by atoms with Crippen molar-refractivity contribution in [3.05, 3.63) is 22.2 Å². The molecular weight excluding hydrogens is 332 g/mol. The molecule has 1 aromatic carbocycles. The van der Waals surface area contributed by atoms with Crippen molar-refractivity contribution in [1.82, 2.24) is 10.2 Å². The molecule has 0 aliphatic rings. The number of aromatic hydroxyl groups is 1. The van der Waals surface area contributed by atoms with Crippen molar-refractivity contribution < 1.29 is 9.84 Å². The number of benzene rings is 1. The molecule has 0 saturated carbocycles. The van der Waals surface area contributed by atoms with Crippen molar-refractivity contribution in [1.29, 1.82) is 0 Å². The summed E-state index contributed by atoms with van der Waals surface area (Å²) in [5.41, 5.74) is 1.09. The monoisotopic (exact) mass is 358 g/mol. The smallest absolute Gasteiger partial charge is 0.172 e. The number of methoxy groups -OCH3 is 1. The van der Waals surface area contributed by atoms with E-state index in [-0.39, 0.29) is 5.75 Å². The average molecular weight is 359 g/mol. The molecule has 4 nitrogen and oxygen atoms in total. The number of ether oxygens (including phenoxy) is 1. The molecule has 0 heterocycles. The van der Waals surface area contributed by atoms with Gasteiger partial charge in [0.1, 0.15) is 0 Å². The molecule has 2 N–H and O–H groups in total. The molecule has 0 saturated heterocycles. The van der Waals surface area contributed by atoms with E-state index < -0.39 is 0 Å². The largest absolute Gasteiger partial charge is 0.503 e. The zero-order valence-electron chi connectivity index (χ0n) is 13.6. The highest BCUT2D eigenvalue weighted by molar-refractivity contribution is 9.10. The lowest BCUT2D eigenvalue weighted by molar-refractivity contribution is 0.304. The van der Waals surface area contributed by atoms with Gasteiger partial charge in [0.2, 0.25) is 0 Å². The lowest BCUT2D eigenvalue weighted by Crippen LogP contribution is -2.38. The van der Waals surface area contributed by atoms with Crippen molar-refractivity contribution in [3.8, 4) is 11.5 Å². The topological polar surface area (TPSA) is 44.7 Å². The van der Waals surface area contributed by atoms with Crippen LogP contribution in [0.3, 0.4) is 0 Å². The SMILES string of the molecule is COc1cc(CNC(CC(C)C)CN(C)C)cc(Br)c1O. The first kappa shape index (κ1) is 18.3. The summed E-state index contributed by atoms with van der Waals surface area (Å²) in [6, 6.07) is 4.24. The molecule has 0 aromatic heterocycles. The predicted molar refractivity (Wildman–Crippen MR) is 91.0 cm³/mol. The van der Waals surface area contributed by atoms with Gasteiger partial charge in [0.15, 0.2) is 11.5 Å². The van der Waals surface area contributed by atoms with Gasteiger partial charge in [0.05, 0.1) is 11.6 Å². The van der Waals surface area contributed by atoms with Crippen molar-refractivity contribution in [2.45, 2.75) is 32.9 Å². The van der Waals surface area contributed by atoms with E-state index in [1.165, 1.54) is 0 Å². The van der Waals surface area contributed by atoms with Gasteiger partial charge in [-0.3, -0.25) is 0 Å². The fourth-order valence-electron chi connectivity index (χ4n) is 2.38. The molecule has 0 aliphatic heterocycles. The van der Waals surface area contributed by atoms with Crippen LogP contribution < -0.4 is 10.1 Å². The first-order chi connectivity index (χ1) is 9.83. The summed E-state index contributed by atoms with van der Waals surface area (Å²) in [6.45, 7) is 6.24. The standard InChI is InChI=1S/C16H27BrN2O2/c1-11(2)6-13(10-19(3)4)18-9-12-7-14(17)16(20)15(8-12)21-5/h7-8,11,13,18,20H,6,9-10H2,1-5H3. The molecule has 0 spiro atoms. The first-order valence-corrected chi connectivity index (χ1v) is 8.06. The number of hydrogen-bond donors (Lipinski definition) is 2. The zero-order chi connectivity index (χ0) is 16.0. The molecule has 5 heteroatoms. The summed E-state index contributed by atoms with van der Waals surface area (Å²) in [4.78, 5) is 2.20. The number of halogens is 1. The van der Waals surface area contributed by atoms with Gasteiger partial charge in [-0.25, -0.2) is 0 Å². The maximum Gasteiger partial charge on any atom is 0.172 e. The Kier molecular flexibility index (Phi) is 7.49. The molecule has 0 aliphatic carbocycles. The maximum absolute atomic E-state index is 9.84. The normalized spacial score (nSPS) is 13.0. The van der Waals surface area contributed by atoms with Gasteiger partial charge in [0.25, 0.3) is 0 Å². The highest BCUT2D eigenvalue weighted by Gasteiger charge is 2.13. The number of nitrogens with one attached hydrogen (secondary N) is 1. The summed E-state index contributed by atoms with van der Waals surface area (Å²) in [7, 11) is 5.75. The summed E-state index contributed by atoms with van der Waals surface area (Å²) < 4.78 is 5.85. The third-order valence-corrected chi connectivity index (χ3v) is 3.85. The minimum atomic E-state index is 0.147. The van der Waals surface area contributed by atoms with Crippen molar-refractivity contribution in [2.24, 2.45) is 5.92 Å². The zero-order valence-corrected chi connectivity index (χ0v) is 15.2. The van der Waals surface area contributed by atoms with Gasteiger partial charge in [-0.1, -0.05) is 13.8 Å². The quantitative estimate of drug-likeness (QED) is 0.748. The summed E-state index contributed by atoms with van der Waals surface area (Å²) >= 11 is 3.36. The van der Waals surface area contributed by atoms with Gasteiger partial charge in [-0.05, 0) is 60.1 Å². The third-order valence-electron chi connectivity index (χ3n) is 3.24. The molecular formula is C16H27BrN2O2. The second-order valence-electron chi connectivity index (χ2n) is 6.10. The Hall–Kier alpha value is -0.780. The van der Waals surface area contributed by atoms with Crippen LogP contribution in [0.15, 0.2) is 16.6 Å². The van der Waals surface area contributed by atoms with Gasteiger partial charge >= 0.3 is 0 Å². The Bertz CT molecular complexity index is 440. The second kappa shape index (κ2) is 8.61. The molecule has 21 heavy (non-hydrogen) atoms. The van der Waals surface area contributed by atoms with Gasteiger partial charge in [-0.15, -0.1) is 0 Å². The van der Waals surface area contributed by atoms with E-state index >= 15 is 0 Å². The maximum atomic E-state index is 9.84. The van der Waals surface area contributed by atoms with Crippen molar-refractivity contribution in [3.63, 3.8) is 0 Å². The van der Waals surface area contributed by atoms with Crippen LogP contribution in [0.2, 0.25) is 0 Å². The molecule has 1 aromatic rings. The number of likely N-dealkylation sites (N-methyl/N-ethyl adjacent to an activating group) is 1. The van der Waals surface area contributed by atoms with Crippen LogP contribution in [0, 0.1) is 5.92 Å². The highest BCUT2D eigenvalue weighted by Crippen LogP contribution is 2.35. The van der Waals surface area contributed by atoms with E-state index in [1.54, 1.807) is 7.11 Å². The van der Waals surface area contributed by atoms with E-state index in [9.17, 15) is 5.11 Å². The molecule has 0 bridgehead atoms. The summed E-state index contributed by atoms with van der Waals surface area (Å²) in [5, 5.41) is 13.4. The van der Waals surface area contributed by atoms with Gasteiger partial charge in [0, 0.05) is 19.1 Å². The number of nitrogens with zero attached hydrogens (tertiary/aromatic N) is 1. The fraction of sp³-hybridized carbons (Fsp3) is 0.625. The molecule has 1 unspecified atom stereocenters. The summed E-state index contributed by atoms with van der Waals surface area (Å²) in [5.74, 6) is 1.30. The number of phenols is 1. The molecule has 0 radical (unpaired) electrons. The van der Waals surface area contributed by atoms with Crippen molar-refractivity contribution in [2.75, 3.05) is 27.7 Å². The molecule has 0 fully saturated rings. The van der Waals surface area contributed by atoms with Crippen LogP contribution in [0.25, 0.3) is 0 Å². The number of phenolic OH excluding ortho intramolecular Hbond substituents is 1. The van der Waals surface area contributed by atoms with Crippen LogP contribution in [-0.2, 0) is 6.54 Å².